The Balaban J connectivity index is 2.48. The van der Waals surface area contributed by atoms with Crippen LogP contribution in [0.5, 0.6) is 0 Å². The van der Waals surface area contributed by atoms with Crippen LogP contribution in [-0.2, 0) is 25.4 Å². The van der Waals surface area contributed by atoms with Crippen molar-refractivity contribution >= 4 is 17.7 Å². The fraction of sp³-hybridized carbons (Fsp3) is 0.571. The first-order valence-corrected chi connectivity index (χ1v) is 12.6. The van der Waals surface area contributed by atoms with Crippen molar-refractivity contribution < 1.29 is 33.3 Å². The second kappa shape index (κ2) is 14.3. The molecule has 0 fully saturated rings. The summed E-state index contributed by atoms with van der Waals surface area (Å²) in [5, 5.41) is 13.7. The van der Waals surface area contributed by atoms with Crippen LogP contribution in [0.2, 0.25) is 0 Å². The largest absolute Gasteiger partial charge is 0.439 e. The summed E-state index contributed by atoms with van der Waals surface area (Å²) in [6.45, 7) is 7.26. The number of hydrogen-bond donors (Lipinski definition) is 3. The number of ether oxygens (including phenoxy) is 3. The lowest BCUT2D eigenvalue weighted by Crippen LogP contribution is -2.37. The van der Waals surface area contributed by atoms with E-state index in [2.05, 4.69) is 5.32 Å². The van der Waals surface area contributed by atoms with Gasteiger partial charge in [0, 0.05) is 25.7 Å². The molecule has 2 bridgehead atoms. The van der Waals surface area contributed by atoms with E-state index >= 15 is 4.39 Å². The molecule has 37 heavy (non-hydrogen) atoms. The van der Waals surface area contributed by atoms with E-state index in [0.29, 0.717) is 42.4 Å². The minimum Gasteiger partial charge on any atom is -0.439 e. The molecule has 6 atom stereocenters. The number of primary amides is 1. The van der Waals surface area contributed by atoms with Crippen LogP contribution in [0.3, 0.4) is 0 Å². The lowest BCUT2D eigenvalue weighted by atomic mass is 9.88. The Morgan fingerprint density at radius 1 is 1.16 bits per heavy atom. The van der Waals surface area contributed by atoms with E-state index in [4.69, 9.17) is 19.9 Å². The van der Waals surface area contributed by atoms with Gasteiger partial charge >= 0.3 is 6.09 Å². The van der Waals surface area contributed by atoms with Crippen molar-refractivity contribution in [2.24, 2.45) is 17.6 Å². The molecule has 0 spiro atoms. The van der Waals surface area contributed by atoms with Gasteiger partial charge in [0.2, 0.25) is 0 Å². The molecule has 1 heterocycles. The van der Waals surface area contributed by atoms with Crippen LogP contribution in [-0.4, -0.2) is 55.7 Å². The first kappa shape index (κ1) is 30.5. The third-order valence-electron chi connectivity index (χ3n) is 6.87. The smallest absolute Gasteiger partial charge is 0.405 e. The van der Waals surface area contributed by atoms with Crippen LogP contribution in [0, 0.1) is 17.7 Å². The number of aliphatic hydroxyl groups is 1. The lowest BCUT2D eigenvalue weighted by Gasteiger charge is -2.30. The molecular formula is C28H41FN2O6. The highest BCUT2D eigenvalue weighted by Gasteiger charge is 2.30. The predicted octanol–water partition coefficient (Wildman–Crippen LogP) is 4.51. The molecule has 0 saturated carbocycles. The number of carbonyl (C=O) groups excluding carboxylic acids is 2. The molecular weight excluding hydrogens is 479 g/mol. The van der Waals surface area contributed by atoms with Crippen molar-refractivity contribution in [3.05, 3.63) is 52.9 Å². The van der Waals surface area contributed by atoms with Crippen molar-refractivity contribution in [2.45, 2.75) is 77.8 Å². The van der Waals surface area contributed by atoms with E-state index in [-0.39, 0.29) is 17.5 Å². The van der Waals surface area contributed by atoms with E-state index < -0.39 is 42.2 Å². The number of halogens is 1. The predicted molar refractivity (Wildman–Crippen MR) is 140 cm³/mol. The van der Waals surface area contributed by atoms with Crippen molar-refractivity contribution in [3.63, 3.8) is 0 Å². The molecule has 4 N–H and O–H groups in total. The van der Waals surface area contributed by atoms with Crippen molar-refractivity contribution in [3.8, 4) is 0 Å². The summed E-state index contributed by atoms with van der Waals surface area (Å²) in [6, 6.07) is 4.94. The van der Waals surface area contributed by atoms with Crippen molar-refractivity contribution in [1.29, 1.82) is 0 Å². The number of methoxy groups -OCH3 is 2. The van der Waals surface area contributed by atoms with Crippen LogP contribution < -0.4 is 11.1 Å². The molecule has 2 amide bonds. The average Bonchev–Trinajstić information content (AvgIpc) is 2.85. The van der Waals surface area contributed by atoms with E-state index in [9.17, 15) is 14.7 Å². The molecule has 9 heteroatoms. The fourth-order valence-electron chi connectivity index (χ4n) is 4.77. The number of rotatable bonds is 3. The van der Waals surface area contributed by atoms with Crippen LogP contribution >= 0.6 is 0 Å². The molecule has 0 unspecified atom stereocenters. The Labute approximate surface area is 219 Å². The van der Waals surface area contributed by atoms with E-state index in [1.54, 1.807) is 32.1 Å². The third-order valence-corrected chi connectivity index (χ3v) is 6.87. The summed E-state index contributed by atoms with van der Waals surface area (Å²) in [4.78, 5) is 24.4. The van der Waals surface area contributed by atoms with Gasteiger partial charge in [0.15, 0.2) is 6.10 Å². The zero-order valence-corrected chi connectivity index (χ0v) is 22.6. The zero-order chi connectivity index (χ0) is 27.7. The van der Waals surface area contributed by atoms with Gasteiger partial charge in [-0.05, 0) is 62.7 Å². The standard InChI is InChI=1S/C28H41FN2O6/c1-16-13-20-10-8-11-21(24(20)29)31-27(33)17(2)9-7-12-22(35-5)26(37-28(30)34)19(4)15-18(3)25(32)23(14-16)36-6/h8-11,15-16,18,22-23,25-26,32H,7,12-14H2,1-6H3,(H2,30,34)(H,31,33)/b17-9-,19-15-/t16-,18-,22+,23-,25-,26+/m0/s1. The molecule has 1 aliphatic rings. The van der Waals surface area contributed by atoms with Gasteiger partial charge in [-0.15, -0.1) is 0 Å². The Kier molecular flexibility index (Phi) is 11.7. The van der Waals surface area contributed by atoms with Gasteiger partial charge in [0.25, 0.3) is 5.91 Å². The number of fused-ring (bicyclic) bond motifs is 2. The van der Waals surface area contributed by atoms with Gasteiger partial charge in [-0.3, -0.25) is 4.79 Å². The number of nitrogens with two attached hydrogens (primary N) is 1. The van der Waals surface area contributed by atoms with Crippen LogP contribution in [0.15, 0.2) is 41.5 Å². The Bertz CT molecular complexity index is 995. The topological polar surface area (TPSA) is 120 Å². The summed E-state index contributed by atoms with van der Waals surface area (Å²) in [5.41, 5.74) is 7.03. The first-order valence-electron chi connectivity index (χ1n) is 12.6. The SMILES string of the molecule is CO[C@H]1C[C@@H](C)Cc2cccc(c2F)NC(=O)/C(C)=C\CC[C@@H](OC)[C@H](OC(N)=O)/C(C)=C\[C@H](C)[C@@H]1O. The summed E-state index contributed by atoms with van der Waals surface area (Å²) < 4.78 is 31.9. The number of amides is 2. The molecule has 1 aliphatic heterocycles. The van der Waals surface area contributed by atoms with Gasteiger partial charge in [-0.25, -0.2) is 9.18 Å². The molecule has 206 valence electrons. The normalized spacial score (nSPS) is 31.4. The molecule has 0 radical (unpaired) electrons. The maximum atomic E-state index is 15.2. The maximum absolute atomic E-state index is 15.2. The second-order valence-electron chi connectivity index (χ2n) is 9.91. The monoisotopic (exact) mass is 520 g/mol. The summed E-state index contributed by atoms with van der Waals surface area (Å²) in [7, 11) is 3.04. The van der Waals surface area contributed by atoms with Gasteiger partial charge in [-0.1, -0.05) is 38.1 Å². The average molecular weight is 521 g/mol. The van der Waals surface area contributed by atoms with Crippen LogP contribution in [0.4, 0.5) is 14.9 Å². The molecule has 1 aromatic carbocycles. The molecule has 0 saturated heterocycles. The Hall–Kier alpha value is -2.75. The van der Waals surface area contributed by atoms with E-state index in [1.807, 2.05) is 19.9 Å². The number of allylic oxidation sites excluding steroid dienone is 1. The Morgan fingerprint density at radius 3 is 2.46 bits per heavy atom. The quantitative estimate of drug-likeness (QED) is 0.505. The highest BCUT2D eigenvalue weighted by atomic mass is 19.1. The third kappa shape index (κ3) is 8.66. The molecule has 2 rings (SSSR count). The molecule has 8 nitrogen and oxygen atoms in total. The number of anilines is 1. The highest BCUT2D eigenvalue weighted by Crippen LogP contribution is 2.27. The lowest BCUT2D eigenvalue weighted by molar-refractivity contribution is -0.112. The summed E-state index contributed by atoms with van der Waals surface area (Å²) in [5.74, 6) is -1.25. The molecule has 1 aromatic rings. The Morgan fingerprint density at radius 2 is 1.84 bits per heavy atom. The number of hydrogen-bond acceptors (Lipinski definition) is 6. The number of aliphatic hydroxyl groups excluding tert-OH is 1. The minimum absolute atomic E-state index is 0.0233. The van der Waals surface area contributed by atoms with Gasteiger partial charge in [-0.2, -0.15) is 0 Å². The fourth-order valence-corrected chi connectivity index (χ4v) is 4.77. The first-order chi connectivity index (χ1) is 17.5. The van der Waals surface area contributed by atoms with Crippen LogP contribution in [0.1, 0.15) is 52.5 Å². The summed E-state index contributed by atoms with van der Waals surface area (Å²) in [6.07, 6.45) is 1.66. The van der Waals surface area contributed by atoms with Gasteiger partial charge in [0.05, 0.1) is 24.0 Å². The number of nitrogens with one attached hydrogen (secondary N) is 1. The van der Waals surface area contributed by atoms with Crippen molar-refractivity contribution in [1.82, 2.24) is 0 Å². The van der Waals surface area contributed by atoms with Gasteiger partial charge < -0.3 is 30.4 Å². The van der Waals surface area contributed by atoms with E-state index in [0.717, 1.165) is 0 Å². The van der Waals surface area contributed by atoms with E-state index in [1.165, 1.54) is 20.3 Å². The zero-order valence-electron chi connectivity index (χ0n) is 22.6. The maximum Gasteiger partial charge on any atom is 0.405 e. The minimum atomic E-state index is -0.940. The second-order valence-corrected chi connectivity index (χ2v) is 9.91. The highest BCUT2D eigenvalue weighted by molar-refractivity contribution is 6.03. The molecule has 0 aliphatic carbocycles. The van der Waals surface area contributed by atoms with Crippen LogP contribution in [0.25, 0.3) is 0 Å². The van der Waals surface area contributed by atoms with Gasteiger partial charge in [0.1, 0.15) is 5.82 Å². The number of benzene rings is 1. The molecule has 0 aromatic heterocycles. The summed E-state index contributed by atoms with van der Waals surface area (Å²) >= 11 is 0. The number of carbonyl (C=O) groups is 2. The van der Waals surface area contributed by atoms with Crippen molar-refractivity contribution in [2.75, 3.05) is 19.5 Å².